The summed E-state index contributed by atoms with van der Waals surface area (Å²) in [5.41, 5.74) is 3.38. The van der Waals surface area contributed by atoms with Crippen LogP contribution in [0.4, 0.5) is 0 Å². The Morgan fingerprint density at radius 2 is 0.971 bits per heavy atom. The van der Waals surface area contributed by atoms with Gasteiger partial charge >= 0.3 is 0 Å². The van der Waals surface area contributed by atoms with Gasteiger partial charge in [0.25, 0.3) is 0 Å². The van der Waals surface area contributed by atoms with Crippen molar-refractivity contribution in [1.29, 1.82) is 0 Å². The first-order valence-electron chi connectivity index (χ1n) is 10.3. The molecule has 0 N–H and O–H groups in total. The molecule has 0 aliphatic rings. The van der Waals surface area contributed by atoms with E-state index < -0.39 is 9.84 Å². The van der Waals surface area contributed by atoms with Crippen molar-refractivity contribution in [2.45, 2.75) is 38.0 Å². The lowest BCUT2D eigenvalue weighted by Gasteiger charge is -2.09. The molecule has 4 aromatic carbocycles. The lowest BCUT2D eigenvalue weighted by Crippen LogP contribution is -2.01. The van der Waals surface area contributed by atoms with Crippen molar-refractivity contribution in [3.05, 3.63) is 114 Å². The van der Waals surface area contributed by atoms with E-state index in [1.807, 2.05) is 43.3 Å². The zero-order valence-corrected chi connectivity index (χ0v) is 18.8. The largest absolute Gasteiger partial charge is 0.497 e. The van der Waals surface area contributed by atoms with Crippen LogP contribution in [0.2, 0.25) is 0 Å². The van der Waals surface area contributed by atoms with Crippen LogP contribution >= 0.6 is 0 Å². The van der Waals surface area contributed by atoms with Gasteiger partial charge in [0, 0.05) is 0 Å². The number of benzene rings is 4. The summed E-state index contributed by atoms with van der Waals surface area (Å²) in [4.78, 5) is 0.521. The first kappa shape index (κ1) is 26.7. The highest BCUT2D eigenvalue weighted by Gasteiger charge is 2.17. The second-order valence-corrected chi connectivity index (χ2v) is 9.51. The first-order valence-corrected chi connectivity index (χ1v) is 11.7. The number of sulfone groups is 1. The minimum atomic E-state index is -3.55. The van der Waals surface area contributed by atoms with E-state index in [9.17, 15) is 8.42 Å². The maximum atomic E-state index is 12.8. The normalized spacial score (nSPS) is 10.5. The summed E-state index contributed by atoms with van der Waals surface area (Å²) in [5, 5.41) is 0. The lowest BCUT2D eigenvalue weighted by atomic mass is 10.0. The van der Waals surface area contributed by atoms with Crippen LogP contribution in [0, 0.1) is 6.92 Å². The van der Waals surface area contributed by atoms with Gasteiger partial charge in [-0.25, -0.2) is 8.42 Å². The summed E-state index contributed by atoms with van der Waals surface area (Å²) in [7, 11) is -1.89. The van der Waals surface area contributed by atoms with Crippen molar-refractivity contribution in [2.75, 3.05) is 7.11 Å². The van der Waals surface area contributed by atoms with Crippen molar-refractivity contribution in [3.63, 3.8) is 0 Å². The fourth-order valence-electron chi connectivity index (χ4n) is 3.33. The third-order valence-corrected chi connectivity index (χ3v) is 6.98. The molecule has 0 unspecified atom stereocenters. The Morgan fingerprint density at radius 3 is 1.41 bits per heavy atom. The number of ether oxygens (including phenoxy) is 2. The van der Waals surface area contributed by atoms with Crippen LogP contribution in [0.15, 0.2) is 107 Å². The molecule has 0 saturated heterocycles. The molecule has 34 heavy (non-hydrogen) atoms. The maximum Gasteiger partial charge on any atom is 0.206 e. The van der Waals surface area contributed by atoms with Gasteiger partial charge in [-0.2, -0.15) is 0 Å². The highest BCUT2D eigenvalue weighted by molar-refractivity contribution is 7.91. The quantitative estimate of drug-likeness (QED) is 0.277. The number of aryl methyl sites for hydroxylation is 1. The molecule has 0 spiro atoms. The van der Waals surface area contributed by atoms with E-state index in [0.717, 1.165) is 17.7 Å². The number of methoxy groups -OCH3 is 1. The van der Waals surface area contributed by atoms with Gasteiger partial charge in [-0.1, -0.05) is 56.8 Å². The Kier molecular flexibility index (Phi) is 9.04. The van der Waals surface area contributed by atoms with E-state index in [1.54, 1.807) is 55.6 Å². The average molecular weight is 477 g/mol. The molecular formula is C29H32O4S. The van der Waals surface area contributed by atoms with E-state index in [4.69, 9.17) is 9.47 Å². The van der Waals surface area contributed by atoms with E-state index >= 15 is 0 Å². The predicted octanol–water partition coefficient (Wildman–Crippen LogP) is 7.49. The molecule has 0 aliphatic carbocycles. The third kappa shape index (κ3) is 6.27. The standard InChI is InChI=1S/C27H24O4S.2CH4/c1-20-3-15-26(16-4-20)32(28,29)27-17-13-25(14-18-27)31-24-11-7-22(8-12-24)19-21-5-9-23(30-2)10-6-21;;/h3-18H,19H2,1-2H3;2*1H4. The van der Waals surface area contributed by atoms with Gasteiger partial charge in [0.05, 0.1) is 16.9 Å². The topological polar surface area (TPSA) is 52.6 Å². The van der Waals surface area contributed by atoms with Crippen LogP contribution in [0.3, 0.4) is 0 Å². The molecule has 0 amide bonds. The molecule has 4 rings (SSSR count). The van der Waals surface area contributed by atoms with Gasteiger partial charge < -0.3 is 9.47 Å². The van der Waals surface area contributed by atoms with E-state index in [-0.39, 0.29) is 24.6 Å². The van der Waals surface area contributed by atoms with Crippen molar-refractivity contribution in [1.82, 2.24) is 0 Å². The van der Waals surface area contributed by atoms with Crippen LogP contribution in [0.25, 0.3) is 0 Å². The summed E-state index contributed by atoms with van der Waals surface area (Å²) < 4.78 is 36.7. The van der Waals surface area contributed by atoms with Gasteiger partial charge in [-0.15, -0.1) is 0 Å². The number of hydrogen-bond acceptors (Lipinski definition) is 4. The smallest absolute Gasteiger partial charge is 0.206 e. The molecule has 0 saturated carbocycles. The minimum Gasteiger partial charge on any atom is -0.497 e. The van der Waals surface area contributed by atoms with E-state index in [2.05, 4.69) is 12.1 Å². The van der Waals surface area contributed by atoms with Crippen molar-refractivity contribution in [3.8, 4) is 17.2 Å². The molecule has 4 nitrogen and oxygen atoms in total. The third-order valence-electron chi connectivity index (χ3n) is 5.19. The van der Waals surface area contributed by atoms with Crippen molar-refractivity contribution < 1.29 is 17.9 Å². The fraction of sp³-hybridized carbons (Fsp3) is 0.172. The van der Waals surface area contributed by atoms with Crippen LogP contribution < -0.4 is 9.47 Å². The predicted molar refractivity (Wildman–Crippen MR) is 139 cm³/mol. The minimum absolute atomic E-state index is 0. The Labute approximate surface area is 203 Å². The summed E-state index contributed by atoms with van der Waals surface area (Å²) in [6.07, 6.45) is 0.815. The molecule has 4 aromatic rings. The van der Waals surface area contributed by atoms with E-state index in [0.29, 0.717) is 11.5 Å². The summed E-state index contributed by atoms with van der Waals surface area (Å²) >= 11 is 0. The molecule has 0 radical (unpaired) electrons. The molecule has 0 aliphatic heterocycles. The van der Waals surface area contributed by atoms with Gasteiger partial charge in [-0.05, 0) is 85.1 Å². The average Bonchev–Trinajstić information content (AvgIpc) is 2.81. The van der Waals surface area contributed by atoms with Gasteiger partial charge in [0.2, 0.25) is 9.84 Å². The Balaban J connectivity index is 0.00000204. The molecule has 0 fully saturated rings. The first-order chi connectivity index (χ1) is 15.4. The highest BCUT2D eigenvalue weighted by atomic mass is 32.2. The van der Waals surface area contributed by atoms with Gasteiger partial charge in [0.15, 0.2) is 0 Å². The molecule has 5 heteroatoms. The molecule has 0 atom stereocenters. The second kappa shape index (κ2) is 11.5. The molecule has 0 bridgehead atoms. The fourth-order valence-corrected chi connectivity index (χ4v) is 4.59. The molecule has 0 aromatic heterocycles. The van der Waals surface area contributed by atoms with Gasteiger partial charge in [0.1, 0.15) is 17.2 Å². The summed E-state index contributed by atoms with van der Waals surface area (Å²) in [5.74, 6) is 2.11. The van der Waals surface area contributed by atoms with Crippen molar-refractivity contribution in [2.24, 2.45) is 0 Å². The summed E-state index contributed by atoms with van der Waals surface area (Å²) in [6, 6.07) is 29.2. The van der Waals surface area contributed by atoms with E-state index in [1.165, 1.54) is 11.1 Å². The van der Waals surface area contributed by atoms with Crippen LogP contribution in [0.5, 0.6) is 17.2 Å². The maximum absolute atomic E-state index is 12.8. The highest BCUT2D eigenvalue weighted by Crippen LogP contribution is 2.27. The molecule has 0 heterocycles. The number of rotatable bonds is 7. The molecule has 178 valence electrons. The number of hydrogen-bond donors (Lipinski definition) is 0. The Hall–Kier alpha value is -3.57. The molecular weight excluding hydrogens is 444 g/mol. The van der Waals surface area contributed by atoms with Gasteiger partial charge in [-0.3, -0.25) is 0 Å². The monoisotopic (exact) mass is 476 g/mol. The van der Waals surface area contributed by atoms with Crippen molar-refractivity contribution >= 4 is 9.84 Å². The SMILES string of the molecule is C.C.COc1ccc(Cc2ccc(Oc3ccc(S(=O)(=O)c4ccc(C)cc4)cc3)cc2)cc1. The zero-order chi connectivity index (χ0) is 22.6. The van der Waals surface area contributed by atoms with Crippen LogP contribution in [-0.2, 0) is 16.3 Å². The van der Waals surface area contributed by atoms with Crippen LogP contribution in [-0.4, -0.2) is 15.5 Å². The summed E-state index contributed by atoms with van der Waals surface area (Å²) in [6.45, 7) is 1.92. The zero-order valence-electron chi connectivity index (χ0n) is 18.0. The lowest BCUT2D eigenvalue weighted by molar-refractivity contribution is 0.414. The van der Waals surface area contributed by atoms with Crippen LogP contribution in [0.1, 0.15) is 31.5 Å². The Morgan fingerprint density at radius 1 is 0.588 bits per heavy atom. The Bertz CT molecular complexity index is 1270. The second-order valence-electron chi connectivity index (χ2n) is 7.56.